The van der Waals surface area contributed by atoms with Gasteiger partial charge in [-0.25, -0.2) is 4.39 Å². The lowest BCUT2D eigenvalue weighted by Crippen LogP contribution is -2.36. The second-order valence-corrected chi connectivity index (χ2v) is 9.96. The lowest BCUT2D eigenvalue weighted by Gasteiger charge is -2.13. The van der Waals surface area contributed by atoms with E-state index in [9.17, 15) is 18.8 Å². The first-order chi connectivity index (χ1) is 17.8. The first kappa shape index (κ1) is 24.8. The van der Waals surface area contributed by atoms with Crippen molar-refractivity contribution in [1.82, 2.24) is 9.47 Å². The third-order valence-corrected chi connectivity index (χ3v) is 7.35. The third-order valence-electron chi connectivity index (χ3n) is 6.09. The molecule has 3 amide bonds. The van der Waals surface area contributed by atoms with Gasteiger partial charge in [0.2, 0.25) is 5.91 Å². The van der Waals surface area contributed by atoms with E-state index in [2.05, 4.69) is 5.32 Å². The van der Waals surface area contributed by atoms with Crippen molar-refractivity contribution in [3.63, 3.8) is 0 Å². The standard InChI is InChI=1S/C28H21ClFN3O3S/c1-17-7-2-4-11-23(17)31-26(34)16-33-27(35)25(37-28(33)36)13-18-14-32(24-12-5-3-8-19(18)24)15-20-21(29)9-6-10-22(20)30/h2-14H,15-16H2,1H3,(H,31,34)/b25-13+. The second kappa shape index (κ2) is 10.2. The van der Waals surface area contributed by atoms with Crippen LogP contribution in [0.1, 0.15) is 16.7 Å². The van der Waals surface area contributed by atoms with Gasteiger partial charge < -0.3 is 9.88 Å². The summed E-state index contributed by atoms with van der Waals surface area (Å²) in [6, 6.07) is 19.3. The Balaban J connectivity index is 1.40. The fourth-order valence-corrected chi connectivity index (χ4v) is 5.25. The average Bonchev–Trinajstić information content (AvgIpc) is 3.35. The van der Waals surface area contributed by atoms with Crippen LogP contribution in [0, 0.1) is 12.7 Å². The molecule has 0 unspecified atom stereocenters. The lowest BCUT2D eigenvalue weighted by molar-refractivity contribution is -0.127. The summed E-state index contributed by atoms with van der Waals surface area (Å²) in [5.74, 6) is -1.41. The zero-order valence-corrected chi connectivity index (χ0v) is 21.3. The fourth-order valence-electron chi connectivity index (χ4n) is 4.20. The van der Waals surface area contributed by atoms with E-state index in [-0.39, 0.29) is 18.0 Å². The number of aryl methyl sites for hydroxylation is 1. The van der Waals surface area contributed by atoms with E-state index in [1.54, 1.807) is 36.5 Å². The van der Waals surface area contributed by atoms with Gasteiger partial charge >= 0.3 is 0 Å². The Kier molecular flexibility index (Phi) is 6.86. The fraction of sp³-hybridized carbons (Fsp3) is 0.107. The Morgan fingerprint density at radius 3 is 2.59 bits per heavy atom. The number of thioether (sulfide) groups is 1. The first-order valence-corrected chi connectivity index (χ1v) is 12.6. The molecule has 1 aliphatic heterocycles. The van der Waals surface area contributed by atoms with E-state index in [0.29, 0.717) is 21.8 Å². The maximum Gasteiger partial charge on any atom is 0.294 e. The maximum absolute atomic E-state index is 14.4. The minimum Gasteiger partial charge on any atom is -0.342 e. The number of amides is 3. The highest BCUT2D eigenvalue weighted by molar-refractivity contribution is 8.18. The smallest absolute Gasteiger partial charge is 0.294 e. The highest BCUT2D eigenvalue weighted by Gasteiger charge is 2.36. The number of imide groups is 1. The molecule has 37 heavy (non-hydrogen) atoms. The molecule has 0 aliphatic carbocycles. The molecule has 6 nitrogen and oxygen atoms in total. The largest absolute Gasteiger partial charge is 0.342 e. The number of rotatable bonds is 6. The molecular formula is C28H21ClFN3O3S. The van der Waals surface area contributed by atoms with Crippen molar-refractivity contribution in [2.75, 3.05) is 11.9 Å². The molecule has 1 aromatic heterocycles. The van der Waals surface area contributed by atoms with Crippen molar-refractivity contribution in [2.24, 2.45) is 0 Å². The van der Waals surface area contributed by atoms with Crippen LogP contribution in [-0.2, 0) is 16.1 Å². The SMILES string of the molecule is Cc1ccccc1NC(=O)CN1C(=O)S/C(=C/c2cn(Cc3c(F)cccc3Cl)c3ccccc23)C1=O. The number of anilines is 1. The second-order valence-electron chi connectivity index (χ2n) is 8.56. The number of carbonyl (C=O) groups excluding carboxylic acids is 3. The number of nitrogens with zero attached hydrogens (tertiary/aromatic N) is 2. The molecule has 0 radical (unpaired) electrons. The van der Waals surface area contributed by atoms with Gasteiger partial charge in [0.25, 0.3) is 11.1 Å². The molecule has 2 heterocycles. The van der Waals surface area contributed by atoms with Gasteiger partial charge in [0.1, 0.15) is 12.4 Å². The van der Waals surface area contributed by atoms with Gasteiger partial charge in [-0.1, -0.05) is 54.1 Å². The van der Waals surface area contributed by atoms with E-state index in [1.807, 2.05) is 47.9 Å². The molecule has 0 atom stereocenters. The van der Waals surface area contributed by atoms with Crippen molar-refractivity contribution in [1.29, 1.82) is 0 Å². The zero-order chi connectivity index (χ0) is 26.1. The van der Waals surface area contributed by atoms with Crippen LogP contribution in [0.25, 0.3) is 17.0 Å². The van der Waals surface area contributed by atoms with E-state index in [1.165, 1.54) is 6.07 Å². The minimum atomic E-state index is -0.538. The third kappa shape index (κ3) is 5.03. The van der Waals surface area contributed by atoms with Gasteiger partial charge in [-0.15, -0.1) is 0 Å². The Morgan fingerprint density at radius 1 is 1.05 bits per heavy atom. The molecule has 1 aliphatic rings. The lowest BCUT2D eigenvalue weighted by atomic mass is 10.1. The molecular weight excluding hydrogens is 513 g/mol. The molecule has 9 heteroatoms. The van der Waals surface area contributed by atoms with Crippen LogP contribution in [0.3, 0.4) is 0 Å². The van der Waals surface area contributed by atoms with Crippen molar-refractivity contribution in [3.8, 4) is 0 Å². The van der Waals surface area contributed by atoms with E-state index >= 15 is 0 Å². The summed E-state index contributed by atoms with van der Waals surface area (Å²) < 4.78 is 16.3. The van der Waals surface area contributed by atoms with E-state index in [0.717, 1.165) is 33.1 Å². The average molecular weight is 534 g/mol. The van der Waals surface area contributed by atoms with E-state index < -0.39 is 22.9 Å². The molecule has 3 aromatic carbocycles. The molecule has 4 aromatic rings. The molecule has 1 saturated heterocycles. The Labute approximate surface area is 221 Å². The first-order valence-electron chi connectivity index (χ1n) is 11.4. The predicted octanol–water partition coefficient (Wildman–Crippen LogP) is 6.47. The number of halogens is 2. The van der Waals surface area contributed by atoms with Crippen molar-refractivity contribution >= 4 is 63.1 Å². The number of aromatic nitrogens is 1. The number of benzene rings is 3. The van der Waals surface area contributed by atoms with Gasteiger partial charge in [0, 0.05) is 38.9 Å². The van der Waals surface area contributed by atoms with Crippen LogP contribution >= 0.6 is 23.4 Å². The zero-order valence-electron chi connectivity index (χ0n) is 19.7. The van der Waals surface area contributed by atoms with Gasteiger partial charge in [0.05, 0.1) is 11.4 Å². The summed E-state index contributed by atoms with van der Waals surface area (Å²) in [6.45, 7) is 1.67. The monoisotopic (exact) mass is 533 g/mol. The molecule has 1 fully saturated rings. The number of carbonyl (C=O) groups is 3. The minimum absolute atomic E-state index is 0.195. The molecule has 0 bridgehead atoms. The molecule has 0 spiro atoms. The van der Waals surface area contributed by atoms with Gasteiger partial charge in [-0.05, 0) is 54.6 Å². The number of para-hydroxylation sites is 2. The van der Waals surface area contributed by atoms with Crippen LogP contribution in [0.15, 0.2) is 77.8 Å². The highest BCUT2D eigenvalue weighted by Crippen LogP contribution is 2.34. The Morgan fingerprint density at radius 2 is 1.81 bits per heavy atom. The summed E-state index contributed by atoms with van der Waals surface area (Å²) in [5, 5.41) is 3.38. The Bertz CT molecular complexity index is 1580. The molecule has 0 saturated carbocycles. The predicted molar refractivity (Wildman–Crippen MR) is 145 cm³/mol. The summed E-state index contributed by atoms with van der Waals surface area (Å²) >= 11 is 7.02. The van der Waals surface area contributed by atoms with Crippen LogP contribution in [-0.4, -0.2) is 33.1 Å². The van der Waals surface area contributed by atoms with Crippen LogP contribution in [0.4, 0.5) is 14.9 Å². The quantitative estimate of drug-likeness (QED) is 0.288. The summed E-state index contributed by atoms with van der Waals surface area (Å²) in [5.41, 5.74) is 3.37. The van der Waals surface area contributed by atoms with Gasteiger partial charge in [0.15, 0.2) is 0 Å². The van der Waals surface area contributed by atoms with Crippen molar-refractivity contribution in [3.05, 3.63) is 105 Å². The number of fused-ring (bicyclic) bond motifs is 1. The maximum atomic E-state index is 14.4. The van der Waals surface area contributed by atoms with Gasteiger partial charge in [-0.2, -0.15) is 0 Å². The van der Waals surface area contributed by atoms with Crippen molar-refractivity contribution in [2.45, 2.75) is 13.5 Å². The summed E-state index contributed by atoms with van der Waals surface area (Å²) in [6.07, 6.45) is 3.43. The van der Waals surface area contributed by atoms with Gasteiger partial charge in [-0.3, -0.25) is 19.3 Å². The molecule has 5 rings (SSSR count). The summed E-state index contributed by atoms with van der Waals surface area (Å²) in [7, 11) is 0. The van der Waals surface area contributed by atoms with Crippen LogP contribution in [0.2, 0.25) is 5.02 Å². The van der Waals surface area contributed by atoms with E-state index in [4.69, 9.17) is 11.6 Å². The van der Waals surface area contributed by atoms with Crippen molar-refractivity contribution < 1.29 is 18.8 Å². The highest BCUT2D eigenvalue weighted by atomic mass is 35.5. The summed E-state index contributed by atoms with van der Waals surface area (Å²) in [4.78, 5) is 39.4. The molecule has 186 valence electrons. The normalized spacial score (nSPS) is 14.7. The number of hydrogen-bond acceptors (Lipinski definition) is 4. The number of hydrogen-bond donors (Lipinski definition) is 1. The molecule has 1 N–H and O–H groups in total. The Hall–Kier alpha value is -3.88. The van der Waals surface area contributed by atoms with Crippen LogP contribution in [0.5, 0.6) is 0 Å². The van der Waals surface area contributed by atoms with Crippen LogP contribution < -0.4 is 5.32 Å². The topological polar surface area (TPSA) is 71.4 Å². The number of nitrogens with one attached hydrogen (secondary N) is 1.